The molecule has 0 saturated carbocycles. The largest absolute Gasteiger partial charge is 0.493 e. The lowest BCUT2D eigenvalue weighted by Crippen LogP contribution is -2.14. The Labute approximate surface area is 121 Å². The van der Waals surface area contributed by atoms with Crippen molar-refractivity contribution in [2.75, 3.05) is 6.61 Å². The molecule has 0 saturated heterocycles. The van der Waals surface area contributed by atoms with Crippen molar-refractivity contribution >= 4 is 5.78 Å². The van der Waals surface area contributed by atoms with Crippen molar-refractivity contribution in [3.05, 3.63) is 64.7 Å². The minimum Gasteiger partial charge on any atom is -0.493 e. The van der Waals surface area contributed by atoms with Crippen molar-refractivity contribution in [2.45, 2.75) is 19.3 Å². The Morgan fingerprint density at radius 3 is 2.81 bits per heavy atom. The van der Waals surface area contributed by atoms with Crippen LogP contribution in [-0.2, 0) is 12.8 Å². The van der Waals surface area contributed by atoms with Crippen LogP contribution in [-0.4, -0.2) is 12.4 Å². The highest BCUT2D eigenvalue weighted by Crippen LogP contribution is 2.30. The van der Waals surface area contributed by atoms with E-state index < -0.39 is 11.6 Å². The van der Waals surface area contributed by atoms with Gasteiger partial charge in [-0.1, -0.05) is 24.3 Å². The van der Waals surface area contributed by atoms with Crippen molar-refractivity contribution in [3.63, 3.8) is 0 Å². The average molecular weight is 288 g/mol. The summed E-state index contributed by atoms with van der Waals surface area (Å²) in [6, 6.07) is 9.25. The van der Waals surface area contributed by atoms with Crippen LogP contribution in [0.25, 0.3) is 0 Å². The maximum Gasteiger partial charge on any atom is 0.171 e. The van der Waals surface area contributed by atoms with E-state index in [4.69, 9.17) is 4.74 Å². The number of fused-ring (bicyclic) bond motifs is 1. The second-order valence-electron chi connectivity index (χ2n) is 5.06. The molecule has 1 heterocycles. The lowest BCUT2D eigenvalue weighted by molar-refractivity contribution is 0.0986. The Kier molecular flexibility index (Phi) is 3.69. The van der Waals surface area contributed by atoms with Crippen LogP contribution in [0.5, 0.6) is 5.75 Å². The van der Waals surface area contributed by atoms with Crippen LogP contribution in [0.15, 0.2) is 36.4 Å². The van der Waals surface area contributed by atoms with Gasteiger partial charge in [-0.15, -0.1) is 0 Å². The Morgan fingerprint density at radius 1 is 1.14 bits per heavy atom. The second kappa shape index (κ2) is 5.64. The van der Waals surface area contributed by atoms with E-state index in [1.54, 1.807) is 12.1 Å². The molecule has 4 heteroatoms. The standard InChI is InChI=1S/C17H14F2O2/c18-14-8-2-5-12(16(14)19)10-15(20)13-7-1-4-11-6-3-9-21-17(11)13/h1-2,4-5,7-8H,3,6,9-10H2. The first-order valence-electron chi connectivity index (χ1n) is 6.87. The molecular formula is C17H14F2O2. The number of rotatable bonds is 3. The molecule has 1 aliphatic rings. The Morgan fingerprint density at radius 2 is 1.95 bits per heavy atom. The summed E-state index contributed by atoms with van der Waals surface area (Å²) in [6.07, 6.45) is 1.61. The Bertz CT molecular complexity index is 695. The highest BCUT2D eigenvalue weighted by Gasteiger charge is 2.20. The number of carbonyl (C=O) groups excluding carboxylic acids is 1. The fourth-order valence-electron chi connectivity index (χ4n) is 2.56. The summed E-state index contributed by atoms with van der Waals surface area (Å²) < 4.78 is 32.4. The third kappa shape index (κ3) is 2.66. The van der Waals surface area contributed by atoms with Gasteiger partial charge in [0, 0.05) is 6.42 Å². The van der Waals surface area contributed by atoms with Crippen LogP contribution in [0.4, 0.5) is 8.78 Å². The van der Waals surface area contributed by atoms with Crippen LogP contribution in [0, 0.1) is 11.6 Å². The molecule has 0 fully saturated rings. The van der Waals surface area contributed by atoms with Gasteiger partial charge in [-0.3, -0.25) is 4.79 Å². The van der Waals surface area contributed by atoms with E-state index in [0.717, 1.165) is 24.5 Å². The van der Waals surface area contributed by atoms with Crippen molar-refractivity contribution in [3.8, 4) is 5.75 Å². The molecule has 3 rings (SSSR count). The van der Waals surface area contributed by atoms with Gasteiger partial charge in [0.1, 0.15) is 5.75 Å². The lowest BCUT2D eigenvalue weighted by Gasteiger charge is -2.19. The minimum absolute atomic E-state index is 0.0633. The molecule has 0 bridgehead atoms. The maximum absolute atomic E-state index is 13.7. The zero-order valence-electron chi connectivity index (χ0n) is 11.4. The van der Waals surface area contributed by atoms with Gasteiger partial charge in [-0.2, -0.15) is 0 Å². The third-order valence-electron chi connectivity index (χ3n) is 3.62. The summed E-state index contributed by atoms with van der Waals surface area (Å²) in [6.45, 7) is 0.575. The average Bonchev–Trinajstić information content (AvgIpc) is 2.51. The number of ether oxygens (including phenoxy) is 1. The smallest absolute Gasteiger partial charge is 0.171 e. The van der Waals surface area contributed by atoms with E-state index in [9.17, 15) is 13.6 Å². The van der Waals surface area contributed by atoms with E-state index in [0.29, 0.717) is 17.9 Å². The molecule has 0 amide bonds. The molecule has 0 unspecified atom stereocenters. The highest BCUT2D eigenvalue weighted by molar-refractivity contribution is 6.00. The quantitative estimate of drug-likeness (QED) is 0.805. The van der Waals surface area contributed by atoms with Crippen molar-refractivity contribution < 1.29 is 18.3 Å². The van der Waals surface area contributed by atoms with E-state index in [1.807, 2.05) is 6.07 Å². The zero-order chi connectivity index (χ0) is 14.8. The van der Waals surface area contributed by atoms with Gasteiger partial charge in [-0.05, 0) is 36.1 Å². The fraction of sp³-hybridized carbons (Fsp3) is 0.235. The van der Waals surface area contributed by atoms with Crippen LogP contribution >= 0.6 is 0 Å². The molecule has 0 N–H and O–H groups in total. The number of halogens is 2. The van der Waals surface area contributed by atoms with Crippen LogP contribution in [0.2, 0.25) is 0 Å². The minimum atomic E-state index is -0.962. The first kappa shape index (κ1) is 13.7. The number of hydrogen-bond donors (Lipinski definition) is 0. The van der Waals surface area contributed by atoms with E-state index in [-0.39, 0.29) is 17.8 Å². The number of para-hydroxylation sites is 1. The summed E-state index contributed by atoms with van der Waals surface area (Å²) in [5, 5.41) is 0. The molecule has 2 aromatic rings. The van der Waals surface area contributed by atoms with Gasteiger partial charge in [0.2, 0.25) is 0 Å². The third-order valence-corrected chi connectivity index (χ3v) is 3.62. The number of Topliss-reactive ketones (excluding diaryl/α,β-unsaturated/α-hetero) is 1. The van der Waals surface area contributed by atoms with Gasteiger partial charge in [0.25, 0.3) is 0 Å². The second-order valence-corrected chi connectivity index (χ2v) is 5.06. The first-order valence-corrected chi connectivity index (χ1v) is 6.87. The van der Waals surface area contributed by atoms with Crippen LogP contribution in [0.1, 0.15) is 27.9 Å². The van der Waals surface area contributed by atoms with Gasteiger partial charge in [-0.25, -0.2) is 8.78 Å². The molecule has 2 nitrogen and oxygen atoms in total. The summed E-state index contributed by atoms with van der Waals surface area (Å²) in [5.41, 5.74) is 1.50. The fourth-order valence-corrected chi connectivity index (χ4v) is 2.56. The predicted octanol–water partition coefficient (Wildman–Crippen LogP) is 3.72. The Hall–Kier alpha value is -2.23. The van der Waals surface area contributed by atoms with Crippen LogP contribution < -0.4 is 4.74 Å². The zero-order valence-corrected chi connectivity index (χ0v) is 11.4. The SMILES string of the molecule is O=C(Cc1cccc(F)c1F)c1cccc2c1OCCC2. The molecule has 2 aromatic carbocycles. The van der Waals surface area contributed by atoms with E-state index in [1.165, 1.54) is 12.1 Å². The molecule has 21 heavy (non-hydrogen) atoms. The number of ketones is 1. The molecule has 0 radical (unpaired) electrons. The molecule has 0 atom stereocenters. The van der Waals surface area contributed by atoms with Gasteiger partial charge < -0.3 is 4.74 Å². The molecule has 108 valence electrons. The van der Waals surface area contributed by atoms with Crippen LogP contribution in [0.3, 0.4) is 0 Å². The molecule has 0 spiro atoms. The summed E-state index contributed by atoms with van der Waals surface area (Å²) in [7, 11) is 0. The van der Waals surface area contributed by atoms with Gasteiger partial charge in [0.15, 0.2) is 17.4 Å². The van der Waals surface area contributed by atoms with Crippen molar-refractivity contribution in [1.29, 1.82) is 0 Å². The molecule has 1 aliphatic heterocycles. The highest BCUT2D eigenvalue weighted by atomic mass is 19.2. The number of aryl methyl sites for hydroxylation is 1. The summed E-state index contributed by atoms with van der Waals surface area (Å²) in [5.74, 6) is -1.58. The van der Waals surface area contributed by atoms with Gasteiger partial charge in [0.05, 0.1) is 12.2 Å². The topological polar surface area (TPSA) is 26.3 Å². The molecule has 0 aromatic heterocycles. The van der Waals surface area contributed by atoms with E-state index in [2.05, 4.69) is 0 Å². The molecular weight excluding hydrogens is 274 g/mol. The van der Waals surface area contributed by atoms with E-state index >= 15 is 0 Å². The molecule has 0 aliphatic carbocycles. The lowest BCUT2D eigenvalue weighted by atomic mass is 9.97. The summed E-state index contributed by atoms with van der Waals surface area (Å²) >= 11 is 0. The van der Waals surface area contributed by atoms with Crippen molar-refractivity contribution in [2.24, 2.45) is 0 Å². The number of hydrogen-bond acceptors (Lipinski definition) is 2. The normalized spacial score (nSPS) is 13.4. The number of carbonyl (C=O) groups is 1. The maximum atomic E-state index is 13.7. The number of benzene rings is 2. The van der Waals surface area contributed by atoms with Crippen molar-refractivity contribution in [1.82, 2.24) is 0 Å². The summed E-state index contributed by atoms with van der Waals surface area (Å²) in [4.78, 5) is 12.4. The first-order chi connectivity index (χ1) is 10.2. The Balaban J connectivity index is 1.91. The monoisotopic (exact) mass is 288 g/mol. The predicted molar refractivity (Wildman–Crippen MR) is 74.7 cm³/mol. The van der Waals surface area contributed by atoms with Gasteiger partial charge >= 0.3 is 0 Å².